The Balaban J connectivity index is 2.42. The summed E-state index contributed by atoms with van der Waals surface area (Å²) in [7, 11) is 1.18. The fraction of sp³-hybridized carbons (Fsp3) is 0.714. The topological polar surface area (TPSA) is 109 Å². The summed E-state index contributed by atoms with van der Waals surface area (Å²) in [5.41, 5.74) is -0.223. The molecule has 0 spiro atoms. The molecule has 1 aliphatic rings. The molecule has 8 heteroatoms. The average Bonchev–Trinajstić information content (AvgIpc) is 2.72. The van der Waals surface area contributed by atoms with Crippen LogP contribution in [-0.2, 0) is 23.9 Å². The van der Waals surface area contributed by atoms with E-state index < -0.39 is 18.0 Å². The SMILES string of the molecule is CCCCCCCCCCOC(=O)CC1C(=O)NCCN1/C=C(\C#N)C(=O)OC. The molecule has 0 aromatic rings. The summed E-state index contributed by atoms with van der Waals surface area (Å²) in [4.78, 5) is 37.4. The zero-order valence-electron chi connectivity index (χ0n) is 17.6. The van der Waals surface area contributed by atoms with Crippen LogP contribution < -0.4 is 5.32 Å². The molecule has 1 atom stereocenters. The van der Waals surface area contributed by atoms with Gasteiger partial charge in [0.1, 0.15) is 12.1 Å². The summed E-state index contributed by atoms with van der Waals surface area (Å²) >= 11 is 0. The van der Waals surface area contributed by atoms with Gasteiger partial charge in [-0.3, -0.25) is 9.59 Å². The van der Waals surface area contributed by atoms with Gasteiger partial charge in [0.15, 0.2) is 5.57 Å². The summed E-state index contributed by atoms with van der Waals surface area (Å²) < 4.78 is 9.82. The van der Waals surface area contributed by atoms with Gasteiger partial charge in [0.05, 0.1) is 20.1 Å². The van der Waals surface area contributed by atoms with E-state index in [1.165, 1.54) is 50.3 Å². The van der Waals surface area contributed by atoms with Crippen LogP contribution in [0.15, 0.2) is 11.8 Å². The second-order valence-corrected chi connectivity index (χ2v) is 7.09. The van der Waals surface area contributed by atoms with Crippen molar-refractivity contribution in [3.63, 3.8) is 0 Å². The standard InChI is InChI=1S/C21H33N3O5/c1-3-4-5-6-7-8-9-10-13-29-19(25)14-18-20(26)23-11-12-24(18)16-17(15-22)21(27)28-2/h16,18H,3-14H2,1-2H3,(H,23,26)/b17-16+. The Labute approximate surface area is 173 Å². The highest BCUT2D eigenvalue weighted by Crippen LogP contribution is 2.13. The van der Waals surface area contributed by atoms with Gasteiger partial charge in [0, 0.05) is 19.3 Å². The molecule has 1 amide bonds. The van der Waals surface area contributed by atoms with Crippen LogP contribution in [0.5, 0.6) is 0 Å². The number of hydrogen-bond acceptors (Lipinski definition) is 7. The van der Waals surface area contributed by atoms with Gasteiger partial charge in [-0.25, -0.2) is 4.79 Å². The predicted octanol–water partition coefficient (Wildman–Crippen LogP) is 2.44. The Hall–Kier alpha value is -2.56. The molecule has 1 aliphatic heterocycles. The first-order valence-electron chi connectivity index (χ1n) is 10.4. The van der Waals surface area contributed by atoms with Crippen molar-refractivity contribution >= 4 is 17.8 Å². The van der Waals surface area contributed by atoms with E-state index in [0.717, 1.165) is 19.3 Å². The zero-order chi connectivity index (χ0) is 21.5. The van der Waals surface area contributed by atoms with E-state index in [1.54, 1.807) is 6.07 Å². The van der Waals surface area contributed by atoms with Crippen molar-refractivity contribution in [3.8, 4) is 6.07 Å². The van der Waals surface area contributed by atoms with Crippen molar-refractivity contribution in [1.82, 2.24) is 10.2 Å². The van der Waals surface area contributed by atoms with E-state index in [9.17, 15) is 14.4 Å². The number of amides is 1. The number of nitrogens with one attached hydrogen (secondary N) is 1. The third-order valence-corrected chi connectivity index (χ3v) is 4.81. The van der Waals surface area contributed by atoms with Gasteiger partial charge in [0.25, 0.3) is 0 Å². The van der Waals surface area contributed by atoms with Gasteiger partial charge < -0.3 is 19.7 Å². The van der Waals surface area contributed by atoms with E-state index in [0.29, 0.717) is 19.7 Å². The Morgan fingerprint density at radius 3 is 2.48 bits per heavy atom. The number of piperazine rings is 1. The lowest BCUT2D eigenvalue weighted by Gasteiger charge is -2.33. The molecular weight excluding hydrogens is 374 g/mol. The van der Waals surface area contributed by atoms with Crippen LogP contribution in [0.4, 0.5) is 0 Å². The summed E-state index contributed by atoms with van der Waals surface area (Å²) in [6.07, 6.45) is 10.4. The van der Waals surface area contributed by atoms with E-state index in [1.807, 2.05) is 0 Å². The molecule has 0 radical (unpaired) electrons. The highest BCUT2D eigenvalue weighted by molar-refractivity contribution is 5.93. The molecule has 1 rings (SSSR count). The molecule has 0 aromatic carbocycles. The molecule has 1 saturated heterocycles. The highest BCUT2D eigenvalue weighted by Gasteiger charge is 2.31. The molecule has 0 saturated carbocycles. The molecule has 8 nitrogen and oxygen atoms in total. The van der Waals surface area contributed by atoms with Crippen LogP contribution >= 0.6 is 0 Å². The maximum absolute atomic E-state index is 12.2. The third kappa shape index (κ3) is 9.46. The number of nitrogens with zero attached hydrogens (tertiary/aromatic N) is 2. The molecular formula is C21H33N3O5. The van der Waals surface area contributed by atoms with E-state index in [2.05, 4.69) is 17.0 Å². The monoisotopic (exact) mass is 407 g/mol. The number of nitriles is 1. The van der Waals surface area contributed by atoms with Crippen molar-refractivity contribution in [2.45, 2.75) is 70.8 Å². The van der Waals surface area contributed by atoms with Crippen molar-refractivity contribution in [2.24, 2.45) is 0 Å². The number of carbonyl (C=O) groups excluding carboxylic acids is 3. The van der Waals surface area contributed by atoms with Crippen LogP contribution in [0, 0.1) is 11.3 Å². The minimum absolute atomic E-state index is 0.140. The Kier molecular flexibility index (Phi) is 12.2. The minimum atomic E-state index is -0.817. The summed E-state index contributed by atoms with van der Waals surface area (Å²) in [5.74, 6) is -1.59. The van der Waals surface area contributed by atoms with E-state index in [-0.39, 0.29) is 17.9 Å². The number of hydrogen-bond donors (Lipinski definition) is 1. The van der Waals surface area contributed by atoms with Crippen LogP contribution in [-0.4, -0.2) is 55.6 Å². The smallest absolute Gasteiger partial charge is 0.350 e. The van der Waals surface area contributed by atoms with Crippen molar-refractivity contribution in [3.05, 3.63) is 11.8 Å². The second kappa shape index (κ2) is 14.4. The Bertz CT molecular complexity index is 612. The van der Waals surface area contributed by atoms with Gasteiger partial charge in [-0.15, -0.1) is 0 Å². The van der Waals surface area contributed by atoms with Gasteiger partial charge in [-0.05, 0) is 6.42 Å². The number of esters is 2. The second-order valence-electron chi connectivity index (χ2n) is 7.09. The third-order valence-electron chi connectivity index (χ3n) is 4.81. The number of ether oxygens (including phenoxy) is 2. The van der Waals surface area contributed by atoms with Crippen molar-refractivity contribution in [1.29, 1.82) is 5.26 Å². The number of unbranched alkanes of at least 4 members (excludes halogenated alkanes) is 7. The number of rotatable bonds is 13. The van der Waals surface area contributed by atoms with Crippen LogP contribution in [0.1, 0.15) is 64.7 Å². The fourth-order valence-electron chi connectivity index (χ4n) is 3.14. The molecule has 162 valence electrons. The molecule has 1 N–H and O–H groups in total. The molecule has 0 aliphatic carbocycles. The van der Waals surface area contributed by atoms with Gasteiger partial charge in [-0.1, -0.05) is 51.9 Å². The molecule has 1 unspecified atom stereocenters. The first-order valence-corrected chi connectivity index (χ1v) is 10.4. The summed E-state index contributed by atoms with van der Waals surface area (Å²) in [6.45, 7) is 3.27. The summed E-state index contributed by atoms with van der Waals surface area (Å²) in [6, 6.07) is 0.939. The lowest BCUT2D eigenvalue weighted by atomic mass is 10.1. The number of methoxy groups -OCH3 is 1. The highest BCUT2D eigenvalue weighted by atomic mass is 16.5. The van der Waals surface area contributed by atoms with Crippen molar-refractivity contribution in [2.75, 3.05) is 26.8 Å². The fourth-order valence-corrected chi connectivity index (χ4v) is 3.14. The van der Waals surface area contributed by atoms with Crippen LogP contribution in [0.2, 0.25) is 0 Å². The maximum Gasteiger partial charge on any atom is 0.350 e. The maximum atomic E-state index is 12.2. The molecule has 1 heterocycles. The lowest BCUT2D eigenvalue weighted by Crippen LogP contribution is -2.54. The Morgan fingerprint density at radius 1 is 1.21 bits per heavy atom. The van der Waals surface area contributed by atoms with Gasteiger partial charge in [0.2, 0.25) is 5.91 Å². The molecule has 0 aromatic heterocycles. The van der Waals surface area contributed by atoms with E-state index >= 15 is 0 Å². The molecule has 1 fully saturated rings. The zero-order valence-corrected chi connectivity index (χ0v) is 17.6. The van der Waals surface area contributed by atoms with E-state index in [4.69, 9.17) is 10.00 Å². The predicted molar refractivity (Wildman–Crippen MR) is 107 cm³/mol. The first-order chi connectivity index (χ1) is 14.0. The normalized spacial score (nSPS) is 16.7. The Morgan fingerprint density at radius 2 is 1.86 bits per heavy atom. The first kappa shape index (κ1) is 24.5. The number of carbonyl (C=O) groups is 3. The quantitative estimate of drug-likeness (QED) is 0.216. The largest absolute Gasteiger partial charge is 0.466 e. The van der Waals surface area contributed by atoms with Crippen molar-refractivity contribution < 1.29 is 23.9 Å². The summed E-state index contributed by atoms with van der Waals surface area (Å²) in [5, 5.41) is 11.8. The van der Waals surface area contributed by atoms with Crippen LogP contribution in [0.3, 0.4) is 0 Å². The lowest BCUT2D eigenvalue weighted by molar-refractivity contribution is -0.147. The van der Waals surface area contributed by atoms with Crippen LogP contribution in [0.25, 0.3) is 0 Å². The molecule has 0 bridgehead atoms. The minimum Gasteiger partial charge on any atom is -0.466 e. The van der Waals surface area contributed by atoms with Gasteiger partial charge >= 0.3 is 11.9 Å². The molecule has 29 heavy (non-hydrogen) atoms. The van der Waals surface area contributed by atoms with Gasteiger partial charge in [-0.2, -0.15) is 5.26 Å². The average molecular weight is 408 g/mol.